The largest absolute Gasteiger partial charge is 0.493 e. The van der Waals surface area contributed by atoms with Crippen molar-refractivity contribution in [1.29, 1.82) is 0 Å². The van der Waals surface area contributed by atoms with Gasteiger partial charge in [0.05, 0.1) is 38.9 Å². The van der Waals surface area contributed by atoms with Crippen molar-refractivity contribution in [1.82, 2.24) is 19.6 Å². The van der Waals surface area contributed by atoms with Gasteiger partial charge in [0.25, 0.3) is 5.56 Å². The highest BCUT2D eigenvalue weighted by Gasteiger charge is 2.31. The van der Waals surface area contributed by atoms with Crippen LogP contribution in [0.15, 0.2) is 89.9 Å². The number of aromatic nitrogens is 4. The first-order valence-corrected chi connectivity index (χ1v) is 12.8. The number of ether oxygens (including phenoxy) is 4. The summed E-state index contributed by atoms with van der Waals surface area (Å²) in [5.41, 5.74) is 0.834. The summed E-state index contributed by atoms with van der Waals surface area (Å²) in [5, 5.41) is 8.58. The molecule has 3 aromatic carbocycles. The molecule has 5 aromatic rings. The van der Waals surface area contributed by atoms with Crippen molar-refractivity contribution >= 4 is 23.5 Å². The summed E-state index contributed by atoms with van der Waals surface area (Å²) in [4.78, 5) is 38.7. The molecule has 0 saturated carbocycles. The molecule has 2 heterocycles. The Hall–Kier alpha value is -5.42. The zero-order valence-corrected chi connectivity index (χ0v) is 23.4. The van der Waals surface area contributed by atoms with Gasteiger partial charge in [-0.1, -0.05) is 48.0 Å². The fourth-order valence-electron chi connectivity index (χ4n) is 4.22. The maximum absolute atomic E-state index is 13.0. The molecule has 0 atom stereocenters. The summed E-state index contributed by atoms with van der Waals surface area (Å²) < 4.78 is 23.9. The molecule has 0 unspecified atom stereocenters. The van der Waals surface area contributed by atoms with Gasteiger partial charge in [0.1, 0.15) is 11.3 Å². The van der Waals surface area contributed by atoms with Crippen LogP contribution in [0.2, 0.25) is 5.02 Å². The average Bonchev–Trinajstić information content (AvgIpc) is 3.44. The lowest BCUT2D eigenvalue weighted by Gasteiger charge is -2.13. The van der Waals surface area contributed by atoms with E-state index in [0.29, 0.717) is 16.9 Å². The minimum absolute atomic E-state index is 0.0106. The number of halogens is 1. The monoisotopic (exact) mass is 586 g/mol. The molecule has 212 valence electrons. The van der Waals surface area contributed by atoms with Crippen LogP contribution in [0.25, 0.3) is 22.6 Å². The predicted molar refractivity (Wildman–Crippen MR) is 153 cm³/mol. The molecule has 42 heavy (non-hydrogen) atoms. The topological polar surface area (TPSA) is 124 Å². The van der Waals surface area contributed by atoms with E-state index in [-0.39, 0.29) is 39.2 Å². The normalized spacial score (nSPS) is 10.7. The van der Waals surface area contributed by atoms with E-state index < -0.39 is 17.5 Å². The number of rotatable bonds is 8. The first-order chi connectivity index (χ1) is 20.4. The van der Waals surface area contributed by atoms with Crippen molar-refractivity contribution in [3.63, 3.8) is 0 Å². The number of methoxy groups -OCH3 is 3. The van der Waals surface area contributed by atoms with E-state index in [1.807, 2.05) is 12.1 Å². The second-order valence-corrected chi connectivity index (χ2v) is 9.02. The third kappa shape index (κ3) is 5.20. The van der Waals surface area contributed by atoms with Crippen molar-refractivity contribution in [2.75, 3.05) is 21.3 Å². The Morgan fingerprint density at radius 3 is 1.98 bits per heavy atom. The zero-order valence-electron chi connectivity index (χ0n) is 22.6. The van der Waals surface area contributed by atoms with Crippen LogP contribution in [0.3, 0.4) is 0 Å². The molecule has 0 aliphatic rings. The van der Waals surface area contributed by atoms with E-state index in [9.17, 15) is 14.4 Å². The highest BCUT2D eigenvalue weighted by molar-refractivity contribution is 6.31. The van der Waals surface area contributed by atoms with Crippen LogP contribution < -0.4 is 15.0 Å². The van der Waals surface area contributed by atoms with E-state index in [1.165, 1.54) is 32.2 Å². The van der Waals surface area contributed by atoms with Crippen molar-refractivity contribution in [2.24, 2.45) is 0 Å². The predicted octanol–water partition coefficient (Wildman–Crippen LogP) is 5.11. The average molecular weight is 587 g/mol. The van der Waals surface area contributed by atoms with Crippen LogP contribution in [-0.2, 0) is 9.47 Å². The van der Waals surface area contributed by atoms with Gasteiger partial charge in [-0.05, 0) is 42.5 Å². The smallest absolute Gasteiger partial charge is 0.357 e. The Morgan fingerprint density at radius 2 is 1.38 bits per heavy atom. The number of hydrogen-bond donors (Lipinski definition) is 0. The Kier molecular flexibility index (Phi) is 8.02. The zero-order chi connectivity index (χ0) is 29.8. The number of esters is 2. The Morgan fingerprint density at radius 1 is 0.762 bits per heavy atom. The molecular weight excluding hydrogens is 564 g/mol. The second-order valence-electron chi connectivity index (χ2n) is 8.65. The van der Waals surface area contributed by atoms with Gasteiger partial charge in [-0.15, -0.1) is 0 Å². The summed E-state index contributed by atoms with van der Waals surface area (Å²) in [6.45, 7) is 0. The molecule has 5 rings (SSSR count). The quantitative estimate of drug-likeness (QED) is 0.228. The van der Waals surface area contributed by atoms with Crippen LogP contribution in [0.4, 0.5) is 0 Å². The number of hydrogen-bond acceptors (Lipinski definition) is 9. The number of carbonyl (C=O) groups excluding carboxylic acids is 2. The molecule has 12 heteroatoms. The molecule has 0 spiro atoms. The first kappa shape index (κ1) is 28.1. The van der Waals surface area contributed by atoms with Gasteiger partial charge >= 0.3 is 11.9 Å². The number of nitrogens with zero attached hydrogens (tertiary/aromatic N) is 4. The summed E-state index contributed by atoms with van der Waals surface area (Å²) in [5.74, 6) is -1.13. The Balaban J connectivity index is 1.59. The third-order valence-corrected chi connectivity index (χ3v) is 6.55. The summed E-state index contributed by atoms with van der Waals surface area (Å²) in [7, 11) is 3.83. The van der Waals surface area contributed by atoms with Gasteiger partial charge in [-0.3, -0.25) is 4.79 Å². The van der Waals surface area contributed by atoms with Gasteiger partial charge in [-0.2, -0.15) is 14.9 Å². The fraction of sp³-hybridized carbons (Fsp3) is 0.100. The van der Waals surface area contributed by atoms with Crippen molar-refractivity contribution < 1.29 is 28.5 Å². The summed E-state index contributed by atoms with van der Waals surface area (Å²) >= 11 is 6.37. The standard InChI is InChI=1S/C30H23ClN4O7/c1-39-22-16-18(14-15-21(22)42-23-17-32-35(28(36)25(23)31)20-12-8-5-9-13-20)26-24(29(37)40-2)27(30(38)41-3)34(33-26)19-10-6-4-7-11-19/h4-17H,1-3H3. The molecule has 0 radical (unpaired) electrons. The van der Waals surface area contributed by atoms with E-state index in [2.05, 4.69) is 10.2 Å². The van der Waals surface area contributed by atoms with Crippen LogP contribution in [0.5, 0.6) is 17.2 Å². The maximum Gasteiger partial charge on any atom is 0.357 e. The highest BCUT2D eigenvalue weighted by atomic mass is 35.5. The van der Waals surface area contributed by atoms with E-state index >= 15 is 0 Å². The minimum atomic E-state index is -0.788. The lowest BCUT2D eigenvalue weighted by atomic mass is 10.0. The molecule has 2 aromatic heterocycles. The van der Waals surface area contributed by atoms with Crippen molar-refractivity contribution in [3.05, 3.63) is 112 Å². The SMILES string of the molecule is COC(=O)c1c(-c2ccc(Oc3cnn(-c4ccccc4)c(=O)c3Cl)c(OC)c2)nn(-c2ccccc2)c1C(=O)OC. The summed E-state index contributed by atoms with van der Waals surface area (Å²) in [6.07, 6.45) is 1.32. The van der Waals surface area contributed by atoms with Crippen LogP contribution in [0, 0.1) is 0 Å². The summed E-state index contributed by atoms with van der Waals surface area (Å²) in [6, 6.07) is 22.3. The van der Waals surface area contributed by atoms with Crippen LogP contribution in [-0.4, -0.2) is 52.8 Å². The fourth-order valence-corrected chi connectivity index (χ4v) is 4.38. The molecule has 0 N–H and O–H groups in total. The number of para-hydroxylation sites is 2. The molecule has 0 amide bonds. The maximum atomic E-state index is 13.0. The molecule has 0 aliphatic carbocycles. The Labute approximate surface area is 244 Å². The van der Waals surface area contributed by atoms with Gasteiger partial charge < -0.3 is 18.9 Å². The van der Waals surface area contributed by atoms with Gasteiger partial charge in [-0.25, -0.2) is 14.3 Å². The van der Waals surface area contributed by atoms with Crippen LogP contribution >= 0.6 is 11.6 Å². The number of benzene rings is 3. The molecule has 0 fully saturated rings. The molecule has 0 bridgehead atoms. The second kappa shape index (κ2) is 12.0. The third-order valence-electron chi connectivity index (χ3n) is 6.20. The molecular formula is C30H23ClN4O7. The Bertz CT molecular complexity index is 1840. The van der Waals surface area contributed by atoms with Gasteiger partial charge in [0, 0.05) is 5.56 Å². The highest BCUT2D eigenvalue weighted by Crippen LogP contribution is 2.38. The minimum Gasteiger partial charge on any atom is -0.493 e. The molecule has 0 aliphatic heterocycles. The van der Waals surface area contributed by atoms with Gasteiger partial charge in [0.15, 0.2) is 28.0 Å². The first-order valence-electron chi connectivity index (χ1n) is 12.4. The number of carbonyl (C=O) groups is 2. The van der Waals surface area contributed by atoms with Crippen LogP contribution in [0.1, 0.15) is 20.8 Å². The lowest BCUT2D eigenvalue weighted by Crippen LogP contribution is -2.21. The van der Waals surface area contributed by atoms with E-state index in [4.69, 9.17) is 30.5 Å². The van der Waals surface area contributed by atoms with E-state index in [1.54, 1.807) is 66.7 Å². The lowest BCUT2D eigenvalue weighted by molar-refractivity contribution is 0.0549. The van der Waals surface area contributed by atoms with E-state index in [0.717, 1.165) is 4.68 Å². The van der Waals surface area contributed by atoms with Gasteiger partial charge in [0.2, 0.25) is 0 Å². The van der Waals surface area contributed by atoms with Crippen molar-refractivity contribution in [3.8, 4) is 39.9 Å². The van der Waals surface area contributed by atoms with Crippen molar-refractivity contribution in [2.45, 2.75) is 0 Å². The molecule has 11 nitrogen and oxygen atoms in total. The molecule has 0 saturated heterocycles.